The van der Waals surface area contributed by atoms with Crippen LogP contribution >= 0.6 is 0 Å². The van der Waals surface area contributed by atoms with Crippen molar-refractivity contribution in [1.82, 2.24) is 9.97 Å². The number of aromatic carboxylic acids is 1. The molecule has 2 fully saturated rings. The maximum absolute atomic E-state index is 10.8. The number of hydrogen-bond donors (Lipinski definition) is 2. The molecular formula is C11H13N3O3. The predicted molar refractivity (Wildman–Crippen MR) is 58.7 cm³/mol. The number of nitrogens with two attached hydrogens (primary N) is 1. The van der Waals surface area contributed by atoms with Gasteiger partial charge in [0, 0.05) is 12.1 Å². The van der Waals surface area contributed by atoms with Gasteiger partial charge >= 0.3 is 5.97 Å². The van der Waals surface area contributed by atoms with Gasteiger partial charge in [-0.2, -0.15) is 0 Å². The molecule has 0 spiro atoms. The Kier molecular flexibility index (Phi) is 2.25. The summed E-state index contributed by atoms with van der Waals surface area (Å²) >= 11 is 0. The zero-order valence-corrected chi connectivity index (χ0v) is 9.17. The molecule has 2 saturated heterocycles. The van der Waals surface area contributed by atoms with Gasteiger partial charge in [-0.25, -0.2) is 14.8 Å². The largest absolute Gasteiger partial charge is 0.477 e. The first-order valence-corrected chi connectivity index (χ1v) is 5.66. The molecule has 1 aromatic rings. The van der Waals surface area contributed by atoms with Crippen molar-refractivity contribution in [3.8, 4) is 0 Å². The van der Waals surface area contributed by atoms with Crippen LogP contribution in [0.15, 0.2) is 6.20 Å². The summed E-state index contributed by atoms with van der Waals surface area (Å²) in [4.78, 5) is 19.0. The van der Waals surface area contributed by atoms with E-state index in [-0.39, 0.29) is 23.4 Å². The smallest absolute Gasteiger partial charge is 0.341 e. The molecule has 2 bridgehead atoms. The second kappa shape index (κ2) is 3.66. The Morgan fingerprint density at radius 1 is 1.53 bits per heavy atom. The number of fused-ring (bicyclic) bond motifs is 2. The third kappa shape index (κ3) is 1.64. The van der Waals surface area contributed by atoms with Gasteiger partial charge in [-0.3, -0.25) is 0 Å². The Labute approximate surface area is 97.8 Å². The molecule has 6 nitrogen and oxygen atoms in total. The van der Waals surface area contributed by atoms with Crippen LogP contribution in [0, 0.1) is 0 Å². The summed E-state index contributed by atoms with van der Waals surface area (Å²) in [5.74, 6) is -0.290. The minimum absolute atomic E-state index is 0.0327. The minimum atomic E-state index is -1.10. The van der Waals surface area contributed by atoms with Gasteiger partial charge in [-0.1, -0.05) is 0 Å². The first kappa shape index (κ1) is 10.5. The molecule has 17 heavy (non-hydrogen) atoms. The van der Waals surface area contributed by atoms with Crippen molar-refractivity contribution in [2.24, 2.45) is 0 Å². The molecule has 1 aromatic heterocycles. The van der Waals surface area contributed by atoms with Gasteiger partial charge in [0.2, 0.25) is 0 Å². The number of hydrogen-bond acceptors (Lipinski definition) is 5. The highest BCUT2D eigenvalue weighted by Crippen LogP contribution is 2.43. The van der Waals surface area contributed by atoms with Gasteiger partial charge in [0.1, 0.15) is 17.2 Å². The predicted octanol–water partition coefficient (Wildman–Crippen LogP) is 0.792. The lowest BCUT2D eigenvalue weighted by molar-refractivity contribution is 0.0697. The Hall–Kier alpha value is -1.69. The van der Waals surface area contributed by atoms with Gasteiger partial charge < -0.3 is 15.6 Å². The molecule has 90 valence electrons. The van der Waals surface area contributed by atoms with Crippen LogP contribution in [0.5, 0.6) is 0 Å². The van der Waals surface area contributed by atoms with E-state index in [4.69, 9.17) is 15.6 Å². The molecule has 2 aliphatic rings. The Morgan fingerprint density at radius 2 is 2.35 bits per heavy atom. The first-order chi connectivity index (χ1) is 8.15. The normalized spacial score (nSPS) is 30.7. The lowest BCUT2D eigenvalue weighted by Gasteiger charge is -2.17. The Morgan fingerprint density at radius 3 is 2.88 bits per heavy atom. The summed E-state index contributed by atoms with van der Waals surface area (Å²) in [6, 6.07) is 0. The molecule has 3 heterocycles. The number of nitrogen functional groups attached to an aromatic ring is 1. The lowest BCUT2D eigenvalue weighted by atomic mass is 9.88. The molecule has 0 radical (unpaired) electrons. The highest BCUT2D eigenvalue weighted by atomic mass is 16.5. The number of carbonyl (C=O) groups is 1. The van der Waals surface area contributed by atoms with Gasteiger partial charge in [-0.15, -0.1) is 0 Å². The van der Waals surface area contributed by atoms with Crippen LogP contribution in [-0.4, -0.2) is 33.3 Å². The van der Waals surface area contributed by atoms with Crippen molar-refractivity contribution >= 4 is 11.8 Å². The van der Waals surface area contributed by atoms with Crippen LogP contribution < -0.4 is 5.73 Å². The van der Waals surface area contributed by atoms with Crippen molar-refractivity contribution in [3.63, 3.8) is 0 Å². The summed E-state index contributed by atoms with van der Waals surface area (Å²) < 4.78 is 5.72. The Balaban J connectivity index is 1.89. The molecule has 3 atom stereocenters. The summed E-state index contributed by atoms with van der Waals surface area (Å²) in [5.41, 5.74) is 5.57. The number of rotatable bonds is 2. The van der Waals surface area contributed by atoms with E-state index in [9.17, 15) is 4.79 Å². The number of anilines is 1. The van der Waals surface area contributed by atoms with Crippen LogP contribution in [-0.2, 0) is 4.74 Å². The van der Waals surface area contributed by atoms with Gasteiger partial charge in [-0.05, 0) is 19.3 Å². The van der Waals surface area contributed by atoms with E-state index in [1.807, 2.05) is 0 Å². The number of aromatic nitrogens is 2. The van der Waals surface area contributed by atoms with E-state index in [1.54, 1.807) is 0 Å². The quantitative estimate of drug-likeness (QED) is 0.786. The van der Waals surface area contributed by atoms with Crippen molar-refractivity contribution in [1.29, 1.82) is 0 Å². The van der Waals surface area contributed by atoms with E-state index in [0.29, 0.717) is 11.9 Å². The third-order valence-electron chi connectivity index (χ3n) is 3.50. The first-order valence-electron chi connectivity index (χ1n) is 5.66. The van der Waals surface area contributed by atoms with Crippen LogP contribution in [0.25, 0.3) is 0 Å². The van der Waals surface area contributed by atoms with Gasteiger partial charge in [0.05, 0.1) is 12.2 Å². The van der Waals surface area contributed by atoms with Crippen molar-refractivity contribution in [3.05, 3.63) is 17.6 Å². The minimum Gasteiger partial charge on any atom is -0.477 e. The summed E-state index contributed by atoms with van der Waals surface area (Å²) in [6.45, 7) is 0. The van der Waals surface area contributed by atoms with Crippen molar-refractivity contribution in [2.75, 3.05) is 5.73 Å². The molecule has 3 unspecified atom stereocenters. The average Bonchev–Trinajstić information content (AvgIpc) is 2.89. The average molecular weight is 235 g/mol. The standard InChI is InChI=1S/C11H13N3O3/c12-9-7(11(15)16)4-13-10(14-9)6-3-5-1-2-8(6)17-5/h4-6,8H,1-3H2,(H,15,16)(H2,12,13,14). The Bertz CT molecular complexity index is 477. The molecule has 6 heteroatoms. The van der Waals surface area contributed by atoms with E-state index in [0.717, 1.165) is 19.3 Å². The number of ether oxygens (including phenoxy) is 1. The third-order valence-corrected chi connectivity index (χ3v) is 3.50. The van der Waals surface area contributed by atoms with Crippen molar-refractivity contribution in [2.45, 2.75) is 37.4 Å². The summed E-state index contributed by atoms with van der Waals surface area (Å²) in [5, 5.41) is 8.84. The molecule has 0 amide bonds. The fraction of sp³-hybridized carbons (Fsp3) is 0.545. The van der Waals surface area contributed by atoms with E-state index in [1.165, 1.54) is 6.20 Å². The second-order valence-corrected chi connectivity index (χ2v) is 4.55. The van der Waals surface area contributed by atoms with Crippen LogP contribution in [0.3, 0.4) is 0 Å². The number of carboxylic acids is 1. The van der Waals surface area contributed by atoms with E-state index in [2.05, 4.69) is 9.97 Å². The second-order valence-electron chi connectivity index (χ2n) is 4.55. The highest BCUT2D eigenvalue weighted by molar-refractivity contribution is 5.92. The van der Waals surface area contributed by atoms with Gasteiger partial charge in [0.15, 0.2) is 0 Å². The molecule has 0 saturated carbocycles. The summed E-state index contributed by atoms with van der Waals surface area (Å²) in [6.07, 6.45) is 4.81. The molecular weight excluding hydrogens is 222 g/mol. The molecule has 0 aromatic carbocycles. The maximum atomic E-state index is 10.8. The lowest BCUT2D eigenvalue weighted by Crippen LogP contribution is -2.18. The van der Waals surface area contributed by atoms with E-state index < -0.39 is 5.97 Å². The maximum Gasteiger partial charge on any atom is 0.341 e. The fourth-order valence-corrected chi connectivity index (χ4v) is 2.66. The SMILES string of the molecule is Nc1nc(C2CC3CCC2O3)ncc1C(=O)O. The molecule has 3 rings (SSSR count). The van der Waals surface area contributed by atoms with Crippen LogP contribution in [0.4, 0.5) is 5.82 Å². The number of carboxylic acid groups (broad SMARTS) is 1. The van der Waals surface area contributed by atoms with Crippen LogP contribution in [0.1, 0.15) is 41.4 Å². The van der Waals surface area contributed by atoms with Crippen molar-refractivity contribution < 1.29 is 14.6 Å². The summed E-state index contributed by atoms with van der Waals surface area (Å²) in [7, 11) is 0. The molecule has 3 N–H and O–H groups in total. The molecule has 2 aliphatic heterocycles. The molecule has 0 aliphatic carbocycles. The zero-order valence-electron chi connectivity index (χ0n) is 9.17. The van der Waals surface area contributed by atoms with Gasteiger partial charge in [0.25, 0.3) is 0 Å². The van der Waals surface area contributed by atoms with E-state index >= 15 is 0 Å². The number of nitrogens with zero attached hydrogens (tertiary/aromatic N) is 2. The topological polar surface area (TPSA) is 98.3 Å². The zero-order chi connectivity index (χ0) is 12.0. The monoisotopic (exact) mass is 235 g/mol. The highest BCUT2D eigenvalue weighted by Gasteiger charge is 2.43. The fourth-order valence-electron chi connectivity index (χ4n) is 2.66. The van der Waals surface area contributed by atoms with Crippen LogP contribution in [0.2, 0.25) is 0 Å².